The maximum absolute atomic E-state index is 12.4. The second-order valence-corrected chi connectivity index (χ2v) is 5.18. The van der Waals surface area contributed by atoms with Gasteiger partial charge >= 0.3 is 0 Å². The summed E-state index contributed by atoms with van der Waals surface area (Å²) in [5, 5.41) is 0. The van der Waals surface area contributed by atoms with Gasteiger partial charge in [-0.05, 0) is 32.1 Å². The first-order valence-corrected chi connectivity index (χ1v) is 6.92. The van der Waals surface area contributed by atoms with E-state index >= 15 is 0 Å². The minimum atomic E-state index is -0.221. The van der Waals surface area contributed by atoms with Gasteiger partial charge in [-0.25, -0.2) is 0 Å². The van der Waals surface area contributed by atoms with Gasteiger partial charge in [0.25, 0.3) is 5.91 Å². The Kier molecular flexibility index (Phi) is 4.40. The van der Waals surface area contributed by atoms with Crippen LogP contribution in [0.3, 0.4) is 0 Å². The van der Waals surface area contributed by atoms with Crippen LogP contribution in [-0.2, 0) is 9.53 Å². The fourth-order valence-corrected chi connectivity index (χ4v) is 2.43. The molecule has 2 unspecified atom stereocenters. The summed E-state index contributed by atoms with van der Waals surface area (Å²) in [4.78, 5) is 14.4. The van der Waals surface area contributed by atoms with Crippen LogP contribution in [0.1, 0.15) is 45.4 Å². The van der Waals surface area contributed by atoms with Crippen molar-refractivity contribution in [2.75, 3.05) is 13.1 Å². The Labute approximate surface area is 103 Å². The number of rotatable bonds is 6. The predicted molar refractivity (Wildman–Crippen MR) is 66.6 cm³/mol. The summed E-state index contributed by atoms with van der Waals surface area (Å²) in [5.41, 5.74) is 5.57. The van der Waals surface area contributed by atoms with E-state index in [1.807, 2.05) is 4.90 Å². The Morgan fingerprint density at radius 1 is 1.35 bits per heavy atom. The molecular formula is C13H24N2O2. The summed E-state index contributed by atoms with van der Waals surface area (Å²) in [6.45, 7) is 3.58. The molecule has 1 amide bonds. The fraction of sp³-hybridized carbons (Fsp3) is 0.923. The fourth-order valence-electron chi connectivity index (χ4n) is 2.43. The van der Waals surface area contributed by atoms with E-state index in [0.29, 0.717) is 12.6 Å². The highest BCUT2D eigenvalue weighted by atomic mass is 16.5. The second-order valence-electron chi connectivity index (χ2n) is 5.18. The second kappa shape index (κ2) is 5.83. The van der Waals surface area contributed by atoms with Crippen LogP contribution in [0.2, 0.25) is 0 Å². The lowest BCUT2D eigenvalue weighted by atomic mass is 10.1. The number of hydrogen-bond acceptors (Lipinski definition) is 3. The standard InChI is InChI=1S/C13H24N2O2/c1-2-3-8-15(10-4-5-10)13(16)12-7-6-11(9-14)17-12/h10-12H,2-9,14H2,1H3. The van der Waals surface area contributed by atoms with Crippen LogP contribution in [0.5, 0.6) is 0 Å². The van der Waals surface area contributed by atoms with E-state index < -0.39 is 0 Å². The van der Waals surface area contributed by atoms with Crippen LogP contribution in [0.4, 0.5) is 0 Å². The summed E-state index contributed by atoms with van der Waals surface area (Å²) in [6, 6.07) is 0.495. The van der Waals surface area contributed by atoms with E-state index in [0.717, 1.165) is 32.2 Å². The summed E-state index contributed by atoms with van der Waals surface area (Å²) >= 11 is 0. The number of hydrogen-bond donors (Lipinski definition) is 1. The summed E-state index contributed by atoms with van der Waals surface area (Å²) in [5.74, 6) is 0.205. The number of carbonyl (C=O) groups excluding carboxylic acids is 1. The largest absolute Gasteiger partial charge is 0.364 e. The van der Waals surface area contributed by atoms with Gasteiger partial charge in [-0.1, -0.05) is 13.3 Å². The normalized spacial score (nSPS) is 28.4. The molecule has 1 saturated carbocycles. The average Bonchev–Trinajstić information content (AvgIpc) is 3.06. The molecule has 1 aliphatic heterocycles. The maximum Gasteiger partial charge on any atom is 0.251 e. The first kappa shape index (κ1) is 12.8. The highest BCUT2D eigenvalue weighted by Crippen LogP contribution is 2.30. The third kappa shape index (κ3) is 3.19. The zero-order chi connectivity index (χ0) is 12.3. The molecule has 1 aliphatic carbocycles. The van der Waals surface area contributed by atoms with Crippen LogP contribution in [0, 0.1) is 0 Å². The summed E-state index contributed by atoms with van der Waals surface area (Å²) in [7, 11) is 0. The average molecular weight is 240 g/mol. The third-order valence-electron chi connectivity index (χ3n) is 3.67. The Balaban J connectivity index is 1.87. The lowest BCUT2D eigenvalue weighted by Crippen LogP contribution is -2.41. The van der Waals surface area contributed by atoms with Gasteiger partial charge in [0.05, 0.1) is 6.10 Å². The summed E-state index contributed by atoms with van der Waals surface area (Å²) in [6.07, 6.45) is 6.21. The van der Waals surface area contributed by atoms with E-state index in [2.05, 4.69) is 6.92 Å². The molecule has 0 aromatic heterocycles. The Morgan fingerprint density at radius 3 is 2.65 bits per heavy atom. The molecule has 2 N–H and O–H groups in total. The highest BCUT2D eigenvalue weighted by Gasteiger charge is 2.38. The number of nitrogens with zero attached hydrogens (tertiary/aromatic N) is 1. The highest BCUT2D eigenvalue weighted by molar-refractivity contribution is 5.81. The van der Waals surface area contributed by atoms with Gasteiger partial charge in [0.15, 0.2) is 0 Å². The van der Waals surface area contributed by atoms with Crippen molar-refractivity contribution in [2.24, 2.45) is 5.73 Å². The molecule has 0 aromatic rings. The van der Waals surface area contributed by atoms with Crippen molar-refractivity contribution >= 4 is 5.91 Å². The van der Waals surface area contributed by atoms with Crippen molar-refractivity contribution in [1.29, 1.82) is 0 Å². The van der Waals surface area contributed by atoms with Gasteiger partial charge in [-0.3, -0.25) is 4.79 Å². The van der Waals surface area contributed by atoms with E-state index in [1.54, 1.807) is 0 Å². The van der Waals surface area contributed by atoms with Crippen LogP contribution in [-0.4, -0.2) is 42.1 Å². The molecule has 0 bridgehead atoms. The molecule has 98 valence electrons. The topological polar surface area (TPSA) is 55.6 Å². The molecule has 0 spiro atoms. The molecule has 1 heterocycles. The molecule has 2 aliphatic rings. The van der Waals surface area contributed by atoms with Crippen molar-refractivity contribution in [3.8, 4) is 0 Å². The number of ether oxygens (including phenoxy) is 1. The lowest BCUT2D eigenvalue weighted by molar-refractivity contribution is -0.143. The molecule has 2 atom stereocenters. The van der Waals surface area contributed by atoms with Crippen molar-refractivity contribution in [3.63, 3.8) is 0 Å². The molecule has 0 aromatic carbocycles. The Hall–Kier alpha value is -0.610. The number of unbranched alkanes of at least 4 members (excludes halogenated alkanes) is 1. The van der Waals surface area contributed by atoms with Crippen molar-refractivity contribution in [3.05, 3.63) is 0 Å². The minimum Gasteiger partial charge on any atom is -0.364 e. The molecule has 0 radical (unpaired) electrons. The summed E-state index contributed by atoms with van der Waals surface area (Å²) < 4.78 is 5.70. The van der Waals surface area contributed by atoms with Crippen LogP contribution in [0.15, 0.2) is 0 Å². The smallest absolute Gasteiger partial charge is 0.251 e. The lowest BCUT2D eigenvalue weighted by Gasteiger charge is -2.25. The maximum atomic E-state index is 12.4. The Morgan fingerprint density at radius 2 is 2.12 bits per heavy atom. The molecule has 4 nitrogen and oxygen atoms in total. The van der Waals surface area contributed by atoms with Gasteiger partial charge in [0.2, 0.25) is 0 Å². The zero-order valence-electron chi connectivity index (χ0n) is 10.7. The molecule has 17 heavy (non-hydrogen) atoms. The molecule has 1 saturated heterocycles. The van der Waals surface area contributed by atoms with Crippen molar-refractivity contribution in [1.82, 2.24) is 4.90 Å². The van der Waals surface area contributed by atoms with E-state index in [-0.39, 0.29) is 18.1 Å². The number of nitrogens with two attached hydrogens (primary N) is 1. The molecular weight excluding hydrogens is 216 g/mol. The molecule has 2 fully saturated rings. The predicted octanol–water partition coefficient (Wildman–Crippen LogP) is 1.28. The zero-order valence-corrected chi connectivity index (χ0v) is 10.7. The van der Waals surface area contributed by atoms with Gasteiger partial charge in [0, 0.05) is 19.1 Å². The van der Waals surface area contributed by atoms with Gasteiger partial charge < -0.3 is 15.4 Å². The van der Waals surface area contributed by atoms with E-state index in [1.165, 1.54) is 12.8 Å². The van der Waals surface area contributed by atoms with Gasteiger partial charge in [-0.2, -0.15) is 0 Å². The van der Waals surface area contributed by atoms with Crippen LogP contribution < -0.4 is 5.73 Å². The first-order valence-electron chi connectivity index (χ1n) is 6.92. The van der Waals surface area contributed by atoms with E-state index in [4.69, 9.17) is 10.5 Å². The third-order valence-corrected chi connectivity index (χ3v) is 3.67. The quantitative estimate of drug-likeness (QED) is 0.761. The van der Waals surface area contributed by atoms with Crippen molar-refractivity contribution in [2.45, 2.75) is 63.7 Å². The number of carbonyl (C=O) groups is 1. The minimum absolute atomic E-state index is 0.0937. The van der Waals surface area contributed by atoms with Crippen LogP contribution in [0.25, 0.3) is 0 Å². The Bertz CT molecular complexity index is 266. The first-order chi connectivity index (χ1) is 8.26. The van der Waals surface area contributed by atoms with Crippen LogP contribution >= 0.6 is 0 Å². The van der Waals surface area contributed by atoms with Gasteiger partial charge in [-0.15, -0.1) is 0 Å². The number of amides is 1. The van der Waals surface area contributed by atoms with Gasteiger partial charge in [0.1, 0.15) is 6.10 Å². The van der Waals surface area contributed by atoms with Crippen molar-refractivity contribution < 1.29 is 9.53 Å². The SMILES string of the molecule is CCCCN(C(=O)C1CCC(CN)O1)C1CC1. The monoisotopic (exact) mass is 240 g/mol. The molecule has 4 heteroatoms. The molecule has 2 rings (SSSR count). The van der Waals surface area contributed by atoms with E-state index in [9.17, 15) is 4.79 Å².